The second-order valence-corrected chi connectivity index (χ2v) is 36.2. The van der Waals surface area contributed by atoms with Gasteiger partial charge >= 0.3 is 77.6 Å². The van der Waals surface area contributed by atoms with Crippen molar-refractivity contribution in [2.75, 3.05) is 106 Å². The first-order valence-electron chi connectivity index (χ1n) is 49.2. The smallest absolute Gasteiger partial charge is 0.336 e. The van der Waals surface area contributed by atoms with Crippen LogP contribution in [0.2, 0.25) is 0 Å². The maximum atomic E-state index is 12.4. The molecular weight excluding hydrogens is 1850 g/mol. The molecule has 0 spiro atoms. The number of nitrogens with zero attached hydrogens (tertiary/aromatic N) is 2. The van der Waals surface area contributed by atoms with Gasteiger partial charge in [0.25, 0.3) is 23.6 Å². The minimum Gasteiger partial charge on any atom is -0.481 e. The zero-order valence-electron chi connectivity index (χ0n) is 80.0. The Kier molecular flexibility index (Phi) is 52.4. The number of hydroxylamine groups is 4. The first-order chi connectivity index (χ1) is 68.1. The van der Waals surface area contributed by atoms with Crippen LogP contribution in [0.3, 0.4) is 0 Å². The topological polar surface area (TPSA) is 556 Å². The van der Waals surface area contributed by atoms with Gasteiger partial charge in [-0.2, -0.15) is 0 Å². The number of ether oxygens (including phenoxy) is 13. The van der Waals surface area contributed by atoms with Crippen molar-refractivity contribution < 1.29 is 183 Å². The number of benzene rings is 3. The number of aliphatic hydroxyl groups excluding tert-OH is 3. The summed E-state index contributed by atoms with van der Waals surface area (Å²) < 4.78 is 68.7. The molecule has 9 aliphatic rings. The fourth-order valence-electron chi connectivity index (χ4n) is 17.7. The van der Waals surface area contributed by atoms with Crippen molar-refractivity contribution in [3.8, 4) is 0 Å². The number of carboxylic acids is 3. The van der Waals surface area contributed by atoms with E-state index < -0.39 is 71.6 Å². The monoisotopic (exact) mass is 1990 g/mol. The van der Waals surface area contributed by atoms with E-state index in [0.29, 0.717) is 210 Å². The quantitative estimate of drug-likeness (QED) is 0.0101. The van der Waals surface area contributed by atoms with E-state index in [-0.39, 0.29) is 250 Å². The number of aliphatic hydroxyl groups is 3. The molecule has 7 aliphatic carbocycles. The van der Waals surface area contributed by atoms with Crippen molar-refractivity contribution in [2.45, 2.75) is 232 Å². The third kappa shape index (κ3) is 42.1. The van der Waals surface area contributed by atoms with Crippen molar-refractivity contribution in [3.05, 3.63) is 108 Å². The lowest BCUT2D eigenvalue weighted by molar-refractivity contribution is -0.202. The molecule has 40 heteroatoms. The number of hydrogen-bond acceptors (Lipinski definition) is 35. The van der Waals surface area contributed by atoms with Crippen molar-refractivity contribution >= 4 is 101 Å². The Morgan fingerprint density at radius 2 is 0.440 bits per heavy atom. The summed E-state index contributed by atoms with van der Waals surface area (Å²) in [4.78, 5) is 211. The molecule has 2 aliphatic heterocycles. The van der Waals surface area contributed by atoms with E-state index in [4.69, 9.17) is 92.1 Å². The highest BCUT2D eigenvalue weighted by Crippen LogP contribution is 2.38. The highest BCUT2D eigenvalue weighted by Gasteiger charge is 2.42. The van der Waals surface area contributed by atoms with E-state index in [1.807, 2.05) is 91.0 Å². The van der Waals surface area contributed by atoms with Crippen LogP contribution in [-0.2, 0) is 173 Å². The standard InChI is InChI=1S/C34H42O9.C28H38N2O13.C20H30O9.C15H18O4.C4H10O3/c35-31(27-11-15-29(16-12-27)33(37)42-23-25-7-3-1-4-8-25)40-21-19-39-20-22-41-32(36)28-13-17-30(18-14-28)34(38)43-24-26-9-5-2-6-10-26;31-21-9-10-22(32)29(21)42-27(37)19-5-1-17(2-6-19)25(35)40-15-13-39-14-16-41-26(36)18-3-7-20(8-4-18)28(38)43-30-23(33)11-12-24(30)34;21-17(22)13-1-5-15(6-2-13)19(25)28-11-9-27-10-12-29-20(26)16-7-3-14(4-8-16)18(23)24;16-14(17)12-6-8-13(9-7-12)15(18)19-10-11-4-2-1-3-5-11;5-1-3-7-4-2-6/h1-10,27-30H,11-24H2;17-20,25,35H,1-16H2;13-16H,1-12H2,(H,21,22)(H,23,24);1-5,12-13H,6-10H2,(H,16,17);5-6H,1-4H2. The van der Waals surface area contributed by atoms with E-state index in [0.717, 1.165) is 16.7 Å². The summed E-state index contributed by atoms with van der Waals surface area (Å²) in [5.41, 5.74) is 2.87. The Labute approximate surface area is 818 Å². The Morgan fingerprint density at radius 1 is 0.248 bits per heavy atom. The molecule has 1 unspecified atom stereocenters. The molecule has 40 nitrogen and oxygen atoms in total. The molecule has 2 heterocycles. The molecule has 3 aromatic rings. The van der Waals surface area contributed by atoms with Crippen LogP contribution in [0.5, 0.6) is 0 Å². The summed E-state index contributed by atoms with van der Waals surface area (Å²) in [5.74, 6) is -11.9. The van der Waals surface area contributed by atoms with Crippen LogP contribution in [0.1, 0.15) is 222 Å². The molecule has 0 aromatic heterocycles. The second kappa shape index (κ2) is 64.3. The van der Waals surface area contributed by atoms with Crippen LogP contribution in [0.15, 0.2) is 91.0 Å². The minimum absolute atomic E-state index is 0.0278. The Balaban J connectivity index is 0.000000233. The molecule has 780 valence electrons. The first kappa shape index (κ1) is 115. The summed E-state index contributed by atoms with van der Waals surface area (Å²) in [6, 6.07) is 28.7. The van der Waals surface area contributed by atoms with E-state index in [1.165, 1.54) is 0 Å². The molecule has 3 aromatic carbocycles. The maximum absolute atomic E-state index is 12.4. The summed E-state index contributed by atoms with van der Waals surface area (Å²) in [7, 11) is 0. The van der Waals surface area contributed by atoms with Crippen molar-refractivity contribution in [1.82, 2.24) is 10.1 Å². The number of esters is 8. The number of carbonyl (C=O) groups excluding carboxylic acids is 14. The molecule has 0 bridgehead atoms. The molecule has 4 amide bonds. The number of carboxylic acid groups (broad SMARTS) is 3. The summed E-state index contributed by atoms with van der Waals surface area (Å²) in [6.45, 7) is 3.22. The van der Waals surface area contributed by atoms with Gasteiger partial charge < -0.3 is 102 Å². The fourth-order valence-corrected chi connectivity index (χ4v) is 17.7. The number of amides is 4. The molecule has 12 rings (SSSR count). The van der Waals surface area contributed by atoms with E-state index >= 15 is 0 Å². The normalized spacial score (nSPS) is 23.9. The number of carbonyl (C=O) groups is 17. The lowest BCUT2D eigenvalue weighted by Crippen LogP contribution is -2.37. The summed E-state index contributed by atoms with van der Waals surface area (Å²) in [5, 5.41) is 54.4. The molecule has 0 radical (unpaired) electrons. The first-order valence-corrected chi connectivity index (χ1v) is 49.2. The predicted octanol–water partition coefficient (Wildman–Crippen LogP) is 9.38. The van der Waals surface area contributed by atoms with E-state index in [2.05, 4.69) is 4.74 Å². The van der Waals surface area contributed by atoms with Gasteiger partial charge in [0.2, 0.25) is 0 Å². The highest BCUT2D eigenvalue weighted by atomic mass is 16.7. The van der Waals surface area contributed by atoms with Gasteiger partial charge in [-0.3, -0.25) is 71.9 Å². The molecule has 6 N–H and O–H groups in total. The van der Waals surface area contributed by atoms with Gasteiger partial charge in [0.05, 0.1) is 150 Å². The van der Waals surface area contributed by atoms with Gasteiger partial charge in [0.1, 0.15) is 52.9 Å². The number of rotatable bonds is 45. The van der Waals surface area contributed by atoms with Gasteiger partial charge in [-0.1, -0.05) is 91.0 Å². The lowest BCUT2D eigenvalue weighted by Gasteiger charge is -2.30. The predicted molar refractivity (Wildman–Crippen MR) is 488 cm³/mol. The molecule has 2 saturated heterocycles. The summed E-state index contributed by atoms with van der Waals surface area (Å²) >= 11 is 0. The zero-order valence-corrected chi connectivity index (χ0v) is 80.0. The lowest BCUT2D eigenvalue weighted by atomic mass is 9.82. The number of aliphatic carboxylic acids is 3. The molecular formula is C101H138N2O38. The van der Waals surface area contributed by atoms with Crippen LogP contribution >= 0.6 is 0 Å². The average molecular weight is 1990 g/mol. The fraction of sp³-hybridized carbons (Fsp3) is 0.653. The van der Waals surface area contributed by atoms with Crippen molar-refractivity contribution in [3.63, 3.8) is 0 Å². The van der Waals surface area contributed by atoms with Crippen LogP contribution in [-0.4, -0.2) is 254 Å². The van der Waals surface area contributed by atoms with E-state index in [1.54, 1.807) is 0 Å². The van der Waals surface area contributed by atoms with Crippen LogP contribution in [0, 0.1) is 82.9 Å². The van der Waals surface area contributed by atoms with Gasteiger partial charge in [-0.15, -0.1) is 10.1 Å². The van der Waals surface area contributed by atoms with Gasteiger partial charge in [-0.25, -0.2) is 9.59 Å². The van der Waals surface area contributed by atoms with Gasteiger partial charge in [0.15, 0.2) is 6.29 Å². The Hall–Kier alpha value is -11.3. The minimum atomic E-state index is -1.04. The molecule has 9 fully saturated rings. The van der Waals surface area contributed by atoms with Crippen molar-refractivity contribution in [2.24, 2.45) is 82.9 Å². The van der Waals surface area contributed by atoms with Gasteiger partial charge in [-0.05, 0) is 196 Å². The number of hydrogen-bond donors (Lipinski definition) is 6. The van der Waals surface area contributed by atoms with Gasteiger partial charge in [0, 0.05) is 31.6 Å². The molecule has 141 heavy (non-hydrogen) atoms. The Bertz CT molecular complexity index is 4210. The third-order valence-electron chi connectivity index (χ3n) is 26.3. The summed E-state index contributed by atoms with van der Waals surface area (Å²) in [6.07, 6.45) is 13.9. The highest BCUT2D eigenvalue weighted by molar-refractivity contribution is 6.02. The largest absolute Gasteiger partial charge is 0.481 e. The Morgan fingerprint density at radius 3 is 0.660 bits per heavy atom. The van der Waals surface area contributed by atoms with E-state index in [9.17, 15) is 86.6 Å². The average Bonchev–Trinajstić information content (AvgIpc) is 1.71. The van der Waals surface area contributed by atoms with Crippen LogP contribution < -0.4 is 0 Å². The number of imide groups is 2. The van der Waals surface area contributed by atoms with Crippen LogP contribution in [0.25, 0.3) is 0 Å². The second-order valence-electron chi connectivity index (χ2n) is 36.2. The van der Waals surface area contributed by atoms with Crippen LogP contribution in [0.4, 0.5) is 0 Å². The SMILES string of the molecule is O=C(O)C1CCC(C(=O)OCCOCCOC(=O)C2CCC(C(=O)O)CC2)CC1.O=C(O)C1CCC(C(=O)OCc2ccccc2)CC1.O=C(OCCOCCOC(=O)C1CCC(C(=O)OCc2ccccc2)CC1)C1CCC(C(=O)OCc2ccccc2)CC1.O=C(OCCOCCOC(O)C1CCC(C(=O)ON2C(=O)CCC2=O)CC1)C1CCC(C(=O)ON2C(=O)CCC2=O)CC1.OCCOCCO. The third-order valence-corrected chi connectivity index (χ3v) is 26.3. The molecule has 1 atom stereocenters. The zero-order chi connectivity index (χ0) is 102. The van der Waals surface area contributed by atoms with Crippen molar-refractivity contribution in [1.29, 1.82) is 0 Å². The maximum Gasteiger partial charge on any atom is 0.336 e. The molecule has 7 saturated carbocycles.